The van der Waals surface area contributed by atoms with Gasteiger partial charge in [-0.1, -0.05) is 37.5 Å². The molecule has 0 unspecified atom stereocenters. The van der Waals surface area contributed by atoms with Gasteiger partial charge in [-0.3, -0.25) is 4.79 Å². The van der Waals surface area contributed by atoms with E-state index in [0.29, 0.717) is 10.9 Å². The van der Waals surface area contributed by atoms with Crippen molar-refractivity contribution >= 4 is 28.2 Å². The largest absolute Gasteiger partial charge is 0.384 e. The molecule has 0 spiro atoms. The zero-order valence-corrected chi connectivity index (χ0v) is 14.4. The van der Waals surface area contributed by atoms with Crippen LogP contribution in [0.3, 0.4) is 0 Å². The van der Waals surface area contributed by atoms with E-state index in [2.05, 4.69) is 22.2 Å². The van der Waals surface area contributed by atoms with Crippen molar-refractivity contribution in [2.75, 3.05) is 11.1 Å². The van der Waals surface area contributed by atoms with Gasteiger partial charge in [-0.05, 0) is 31.9 Å². The average Bonchev–Trinajstić information content (AvgIpc) is 2.89. The predicted molar refractivity (Wildman–Crippen MR) is 94.3 cm³/mol. The molecule has 2 aromatic rings. The van der Waals surface area contributed by atoms with Crippen molar-refractivity contribution in [2.45, 2.75) is 46.0 Å². The summed E-state index contributed by atoms with van der Waals surface area (Å²) in [5.74, 6) is 0.586. The average molecular weight is 330 g/mol. The number of carbonyl (C=O) groups is 1. The monoisotopic (exact) mass is 330 g/mol. The number of rotatable bonds is 3. The summed E-state index contributed by atoms with van der Waals surface area (Å²) in [5, 5.41) is 3.68. The van der Waals surface area contributed by atoms with Crippen LogP contribution >= 0.6 is 11.3 Å². The molecule has 0 aliphatic heterocycles. The van der Waals surface area contributed by atoms with E-state index in [9.17, 15) is 4.79 Å². The van der Waals surface area contributed by atoms with Crippen LogP contribution in [0.2, 0.25) is 0 Å². The standard InChI is InChI=1S/C17H22N4OS/c1-11-14(12-6-7-13(18)19-10-12)23-16(20-11)21-15(22)17(2)8-4-3-5-9-17/h6-7,10H,3-5,8-9H2,1-2H3,(H2,18,19)(H,20,21,22). The summed E-state index contributed by atoms with van der Waals surface area (Å²) >= 11 is 1.49. The molecule has 1 amide bonds. The minimum atomic E-state index is -0.263. The number of amides is 1. The molecule has 1 aliphatic rings. The lowest BCUT2D eigenvalue weighted by Crippen LogP contribution is -2.35. The predicted octanol–water partition coefficient (Wildman–Crippen LogP) is 4.00. The summed E-state index contributed by atoms with van der Waals surface area (Å²) < 4.78 is 0. The number of nitrogens with one attached hydrogen (secondary N) is 1. The van der Waals surface area contributed by atoms with Gasteiger partial charge < -0.3 is 11.1 Å². The van der Waals surface area contributed by atoms with Crippen molar-refractivity contribution in [2.24, 2.45) is 5.41 Å². The van der Waals surface area contributed by atoms with Gasteiger partial charge in [-0.2, -0.15) is 0 Å². The van der Waals surface area contributed by atoms with Gasteiger partial charge in [0.15, 0.2) is 5.13 Å². The smallest absolute Gasteiger partial charge is 0.232 e. The van der Waals surface area contributed by atoms with Gasteiger partial charge in [0.25, 0.3) is 0 Å². The zero-order valence-electron chi connectivity index (χ0n) is 13.6. The highest BCUT2D eigenvalue weighted by molar-refractivity contribution is 7.19. The Morgan fingerprint density at radius 2 is 2.04 bits per heavy atom. The quantitative estimate of drug-likeness (QED) is 0.891. The van der Waals surface area contributed by atoms with Crippen molar-refractivity contribution in [3.63, 3.8) is 0 Å². The molecule has 0 aromatic carbocycles. The van der Waals surface area contributed by atoms with Crippen LogP contribution in [0.1, 0.15) is 44.7 Å². The lowest BCUT2D eigenvalue weighted by Gasteiger charge is -2.31. The molecule has 0 radical (unpaired) electrons. The third kappa shape index (κ3) is 3.37. The van der Waals surface area contributed by atoms with Crippen LogP contribution in [0, 0.1) is 12.3 Å². The lowest BCUT2D eigenvalue weighted by atomic mass is 9.75. The van der Waals surface area contributed by atoms with E-state index in [0.717, 1.165) is 41.8 Å². The highest BCUT2D eigenvalue weighted by Gasteiger charge is 2.35. The third-order valence-electron chi connectivity index (χ3n) is 4.57. The molecule has 0 bridgehead atoms. The lowest BCUT2D eigenvalue weighted by molar-refractivity contribution is -0.126. The van der Waals surface area contributed by atoms with Gasteiger partial charge >= 0.3 is 0 Å². The number of thiazole rings is 1. The minimum absolute atomic E-state index is 0.0907. The van der Waals surface area contributed by atoms with E-state index in [1.165, 1.54) is 17.8 Å². The number of carbonyl (C=O) groups excluding carboxylic acids is 1. The van der Waals surface area contributed by atoms with Gasteiger partial charge in [-0.15, -0.1) is 0 Å². The van der Waals surface area contributed by atoms with Crippen molar-refractivity contribution in [1.82, 2.24) is 9.97 Å². The Morgan fingerprint density at radius 3 is 2.70 bits per heavy atom. The van der Waals surface area contributed by atoms with E-state index in [1.54, 1.807) is 12.3 Å². The number of nitrogen functional groups attached to an aromatic ring is 1. The van der Waals surface area contributed by atoms with Crippen molar-refractivity contribution in [3.05, 3.63) is 24.0 Å². The maximum atomic E-state index is 12.6. The van der Waals surface area contributed by atoms with Gasteiger partial charge in [0.1, 0.15) is 5.82 Å². The number of nitrogens with two attached hydrogens (primary N) is 1. The Balaban J connectivity index is 1.78. The fourth-order valence-corrected chi connectivity index (χ4v) is 4.02. The highest BCUT2D eigenvalue weighted by Crippen LogP contribution is 2.38. The normalized spacial score (nSPS) is 17.0. The molecule has 6 heteroatoms. The number of hydrogen-bond acceptors (Lipinski definition) is 5. The van der Waals surface area contributed by atoms with Crippen LogP contribution in [0.5, 0.6) is 0 Å². The summed E-state index contributed by atoms with van der Waals surface area (Å²) in [4.78, 5) is 22.3. The summed E-state index contributed by atoms with van der Waals surface area (Å²) in [6.07, 6.45) is 7.14. The SMILES string of the molecule is Cc1nc(NC(=O)C2(C)CCCCC2)sc1-c1ccc(N)nc1. The Morgan fingerprint density at radius 1 is 1.30 bits per heavy atom. The summed E-state index contributed by atoms with van der Waals surface area (Å²) in [5.41, 5.74) is 7.23. The molecule has 23 heavy (non-hydrogen) atoms. The molecule has 3 N–H and O–H groups in total. The fourth-order valence-electron chi connectivity index (χ4n) is 3.06. The third-order valence-corrected chi connectivity index (χ3v) is 5.69. The Labute approximate surface area is 140 Å². The first-order valence-corrected chi connectivity index (χ1v) is 8.80. The van der Waals surface area contributed by atoms with Crippen LogP contribution in [-0.2, 0) is 4.79 Å². The van der Waals surface area contributed by atoms with Gasteiger partial charge in [0.2, 0.25) is 5.91 Å². The Bertz CT molecular complexity index is 702. The second-order valence-corrected chi connectivity index (χ2v) is 7.48. The highest BCUT2D eigenvalue weighted by atomic mass is 32.1. The zero-order chi connectivity index (χ0) is 16.4. The van der Waals surface area contributed by atoms with E-state index in [4.69, 9.17) is 5.73 Å². The van der Waals surface area contributed by atoms with Crippen LogP contribution in [-0.4, -0.2) is 15.9 Å². The van der Waals surface area contributed by atoms with Gasteiger partial charge in [0, 0.05) is 17.2 Å². The molecule has 2 aromatic heterocycles. The minimum Gasteiger partial charge on any atom is -0.384 e. The summed E-state index contributed by atoms with van der Waals surface area (Å²) in [6, 6.07) is 3.70. The van der Waals surface area contributed by atoms with Crippen molar-refractivity contribution < 1.29 is 4.79 Å². The molecule has 1 fully saturated rings. The summed E-state index contributed by atoms with van der Waals surface area (Å²) in [6.45, 7) is 4.01. The number of hydrogen-bond donors (Lipinski definition) is 2. The Hall–Kier alpha value is -1.95. The molecule has 0 atom stereocenters. The van der Waals surface area contributed by atoms with Crippen molar-refractivity contribution in [3.8, 4) is 10.4 Å². The van der Waals surface area contributed by atoms with Crippen LogP contribution in [0.4, 0.5) is 10.9 Å². The molecular formula is C17H22N4OS. The second kappa shape index (κ2) is 6.28. The maximum absolute atomic E-state index is 12.6. The van der Waals surface area contributed by atoms with Crippen LogP contribution < -0.4 is 11.1 Å². The Kier molecular flexibility index (Phi) is 4.35. The maximum Gasteiger partial charge on any atom is 0.232 e. The van der Waals surface area contributed by atoms with Crippen LogP contribution in [0.15, 0.2) is 18.3 Å². The number of pyridine rings is 1. The van der Waals surface area contributed by atoms with Crippen LogP contribution in [0.25, 0.3) is 10.4 Å². The topological polar surface area (TPSA) is 80.9 Å². The summed E-state index contributed by atoms with van der Waals surface area (Å²) in [7, 11) is 0. The molecule has 5 nitrogen and oxygen atoms in total. The molecule has 2 heterocycles. The molecule has 0 saturated heterocycles. The van der Waals surface area contributed by atoms with E-state index in [1.807, 2.05) is 13.0 Å². The number of aryl methyl sites for hydroxylation is 1. The number of aromatic nitrogens is 2. The first kappa shape index (κ1) is 15.9. The molecule has 122 valence electrons. The van der Waals surface area contributed by atoms with Gasteiger partial charge in [0.05, 0.1) is 10.6 Å². The fraction of sp³-hybridized carbons (Fsp3) is 0.471. The number of nitrogens with zero attached hydrogens (tertiary/aromatic N) is 2. The first-order valence-electron chi connectivity index (χ1n) is 7.99. The van der Waals surface area contributed by atoms with E-state index in [-0.39, 0.29) is 11.3 Å². The first-order chi connectivity index (χ1) is 11.0. The molecule has 1 aliphatic carbocycles. The van der Waals surface area contributed by atoms with Crippen molar-refractivity contribution in [1.29, 1.82) is 0 Å². The molecular weight excluding hydrogens is 308 g/mol. The molecule has 1 saturated carbocycles. The van der Waals surface area contributed by atoms with E-state index >= 15 is 0 Å². The molecule has 3 rings (SSSR count). The number of anilines is 2. The van der Waals surface area contributed by atoms with E-state index < -0.39 is 0 Å². The van der Waals surface area contributed by atoms with Gasteiger partial charge in [-0.25, -0.2) is 9.97 Å². The second-order valence-electron chi connectivity index (χ2n) is 6.48.